The van der Waals surface area contributed by atoms with Crippen LogP contribution in [0.15, 0.2) is 65.6 Å². The summed E-state index contributed by atoms with van der Waals surface area (Å²) < 4.78 is 63.0. The van der Waals surface area contributed by atoms with Crippen molar-refractivity contribution in [3.05, 3.63) is 77.9 Å². The highest BCUT2D eigenvalue weighted by molar-refractivity contribution is 7.92. The zero-order chi connectivity index (χ0) is 26.7. The van der Waals surface area contributed by atoms with Crippen LogP contribution in [0.25, 0.3) is 11.1 Å². The number of anilines is 1. The van der Waals surface area contributed by atoms with E-state index in [9.17, 15) is 26.8 Å². The molecule has 1 aliphatic heterocycles. The molecule has 1 N–H and O–H groups in total. The number of sulfonamides is 1. The second kappa shape index (κ2) is 10.7. The number of carboxylic acid groups (broad SMARTS) is 1. The van der Waals surface area contributed by atoms with E-state index in [-0.39, 0.29) is 65.5 Å². The van der Waals surface area contributed by atoms with E-state index in [0.29, 0.717) is 0 Å². The fourth-order valence-corrected chi connectivity index (χ4v) is 5.78. The number of aliphatic carboxylic acids is 1. The first kappa shape index (κ1) is 26.3. The van der Waals surface area contributed by atoms with E-state index < -0.39 is 33.7 Å². The third kappa shape index (κ3) is 5.80. The van der Waals surface area contributed by atoms with E-state index in [1.54, 1.807) is 19.1 Å². The minimum absolute atomic E-state index is 0.0260. The highest BCUT2D eigenvalue weighted by Crippen LogP contribution is 2.41. The standard InChI is InChI=1S/C27H25F2NO6S/c1-17-4-2-5-21(14-17)37(34,35)30-16-20(11-9-19(31)10-13-26(32)33)36-25-12-8-18(15-24(25)30)22-6-3-7-23(28)27(22)29/h2-8,12,14-15,20H,9-11,13,16H2,1H3,(H,32,33)/t20-/m0/s1. The first-order valence-corrected chi connectivity index (χ1v) is 13.1. The number of hydrogen-bond donors (Lipinski definition) is 1. The number of carbonyl (C=O) groups excluding carboxylic acids is 1. The number of halogens is 2. The highest BCUT2D eigenvalue weighted by atomic mass is 32.2. The number of hydrogen-bond acceptors (Lipinski definition) is 5. The Kier molecular flexibility index (Phi) is 7.58. The Bertz CT molecular complexity index is 1460. The molecular formula is C27H25F2NO6S. The molecule has 0 saturated carbocycles. The largest absolute Gasteiger partial charge is 0.486 e. The maximum atomic E-state index is 14.5. The first-order chi connectivity index (χ1) is 17.6. The van der Waals surface area contributed by atoms with E-state index in [1.807, 2.05) is 0 Å². The Labute approximate surface area is 213 Å². The molecule has 194 valence electrons. The maximum absolute atomic E-state index is 14.5. The van der Waals surface area contributed by atoms with Gasteiger partial charge in [0.2, 0.25) is 0 Å². The average molecular weight is 530 g/mol. The second-order valence-electron chi connectivity index (χ2n) is 8.85. The monoisotopic (exact) mass is 529 g/mol. The Balaban J connectivity index is 1.71. The number of ether oxygens (including phenoxy) is 1. The van der Waals surface area contributed by atoms with Crippen LogP contribution in [0.3, 0.4) is 0 Å². The predicted octanol–water partition coefficient (Wildman–Crippen LogP) is 5.11. The minimum atomic E-state index is -4.09. The summed E-state index contributed by atoms with van der Waals surface area (Å²) in [6.45, 7) is 1.65. The smallest absolute Gasteiger partial charge is 0.303 e. The quantitative estimate of drug-likeness (QED) is 0.413. The van der Waals surface area contributed by atoms with Crippen LogP contribution in [-0.4, -0.2) is 37.9 Å². The summed E-state index contributed by atoms with van der Waals surface area (Å²) in [5.41, 5.74) is 1.15. The fourth-order valence-electron chi connectivity index (χ4n) is 4.18. The third-order valence-electron chi connectivity index (χ3n) is 6.09. The molecule has 0 spiro atoms. The summed E-state index contributed by atoms with van der Waals surface area (Å²) in [7, 11) is -4.09. The van der Waals surface area contributed by atoms with Crippen molar-refractivity contribution in [2.45, 2.75) is 43.6 Å². The molecule has 1 heterocycles. The molecule has 0 aliphatic carbocycles. The molecule has 3 aromatic carbocycles. The van der Waals surface area contributed by atoms with Crippen molar-refractivity contribution < 1.29 is 36.6 Å². The molecule has 0 bridgehead atoms. The number of ketones is 1. The van der Waals surface area contributed by atoms with Gasteiger partial charge in [-0.15, -0.1) is 0 Å². The zero-order valence-electron chi connectivity index (χ0n) is 20.0. The lowest BCUT2D eigenvalue weighted by molar-refractivity contribution is -0.138. The molecule has 1 aliphatic rings. The van der Waals surface area contributed by atoms with Crippen molar-refractivity contribution >= 4 is 27.5 Å². The van der Waals surface area contributed by atoms with Gasteiger partial charge in [0.15, 0.2) is 11.6 Å². The van der Waals surface area contributed by atoms with Crippen molar-refractivity contribution in [1.82, 2.24) is 0 Å². The summed E-state index contributed by atoms with van der Waals surface area (Å²) in [5.74, 6) is -3.20. The van der Waals surface area contributed by atoms with Crippen LogP contribution in [0.2, 0.25) is 0 Å². The van der Waals surface area contributed by atoms with Gasteiger partial charge in [0.1, 0.15) is 17.6 Å². The van der Waals surface area contributed by atoms with Crippen LogP contribution in [-0.2, 0) is 19.6 Å². The van der Waals surface area contributed by atoms with E-state index in [0.717, 1.165) is 15.9 Å². The van der Waals surface area contributed by atoms with E-state index in [2.05, 4.69) is 0 Å². The minimum Gasteiger partial charge on any atom is -0.486 e. The van der Waals surface area contributed by atoms with Crippen molar-refractivity contribution in [3.63, 3.8) is 0 Å². The fraction of sp³-hybridized carbons (Fsp3) is 0.259. The maximum Gasteiger partial charge on any atom is 0.303 e. The number of benzene rings is 3. The Morgan fingerprint density at radius 2 is 1.78 bits per heavy atom. The van der Waals surface area contributed by atoms with Crippen LogP contribution in [0.4, 0.5) is 14.5 Å². The van der Waals surface area contributed by atoms with Gasteiger partial charge in [-0.3, -0.25) is 13.9 Å². The lowest BCUT2D eigenvalue weighted by atomic mass is 10.0. The van der Waals surface area contributed by atoms with Crippen molar-refractivity contribution in [2.75, 3.05) is 10.8 Å². The normalized spacial score (nSPS) is 15.1. The van der Waals surface area contributed by atoms with Gasteiger partial charge in [-0.1, -0.05) is 30.3 Å². The van der Waals surface area contributed by atoms with Crippen LogP contribution >= 0.6 is 0 Å². The number of carbonyl (C=O) groups is 2. The van der Waals surface area contributed by atoms with Gasteiger partial charge >= 0.3 is 5.97 Å². The summed E-state index contributed by atoms with van der Waals surface area (Å²) in [6, 6.07) is 14.6. The lowest BCUT2D eigenvalue weighted by Gasteiger charge is -2.36. The van der Waals surface area contributed by atoms with Gasteiger partial charge in [-0.2, -0.15) is 0 Å². The van der Waals surface area contributed by atoms with E-state index >= 15 is 0 Å². The summed E-state index contributed by atoms with van der Waals surface area (Å²) in [4.78, 5) is 22.9. The molecule has 0 radical (unpaired) electrons. The van der Waals surface area contributed by atoms with Gasteiger partial charge in [-0.05, 0) is 54.8 Å². The molecule has 10 heteroatoms. The zero-order valence-corrected chi connectivity index (χ0v) is 20.8. The van der Waals surface area contributed by atoms with Crippen molar-refractivity contribution in [1.29, 1.82) is 0 Å². The number of rotatable bonds is 9. The van der Waals surface area contributed by atoms with Crippen LogP contribution in [0.1, 0.15) is 31.2 Å². The van der Waals surface area contributed by atoms with Crippen molar-refractivity contribution in [2.24, 2.45) is 0 Å². The molecule has 37 heavy (non-hydrogen) atoms. The molecule has 0 fully saturated rings. The Morgan fingerprint density at radius 1 is 1.03 bits per heavy atom. The SMILES string of the molecule is Cc1cccc(S(=O)(=O)N2C[C@H](CCC(=O)CCC(=O)O)Oc3ccc(-c4cccc(F)c4F)cc32)c1. The molecule has 0 unspecified atom stereocenters. The molecule has 7 nitrogen and oxygen atoms in total. The third-order valence-corrected chi connectivity index (χ3v) is 7.87. The molecule has 0 amide bonds. The molecule has 0 aromatic heterocycles. The number of aryl methyl sites for hydroxylation is 1. The predicted molar refractivity (Wildman–Crippen MR) is 133 cm³/mol. The van der Waals surface area contributed by atoms with E-state index in [1.165, 1.54) is 42.5 Å². The number of Topliss-reactive ketones (excluding diaryl/α,β-unsaturated/α-hetero) is 1. The van der Waals surface area contributed by atoms with Crippen molar-refractivity contribution in [3.8, 4) is 16.9 Å². The van der Waals surface area contributed by atoms with Gasteiger partial charge in [0, 0.05) is 18.4 Å². The number of nitrogens with zero attached hydrogens (tertiary/aromatic N) is 1. The molecular weight excluding hydrogens is 504 g/mol. The highest BCUT2D eigenvalue weighted by Gasteiger charge is 2.35. The summed E-state index contributed by atoms with van der Waals surface area (Å²) in [5, 5.41) is 8.78. The van der Waals surface area contributed by atoms with Gasteiger partial charge in [0.05, 0.1) is 23.5 Å². The molecule has 1 atom stereocenters. The Morgan fingerprint density at radius 3 is 2.51 bits per heavy atom. The van der Waals surface area contributed by atoms with Gasteiger partial charge in [0.25, 0.3) is 10.0 Å². The van der Waals surface area contributed by atoms with Gasteiger partial charge < -0.3 is 9.84 Å². The van der Waals surface area contributed by atoms with Crippen LogP contribution < -0.4 is 9.04 Å². The molecule has 3 aromatic rings. The van der Waals surface area contributed by atoms with Gasteiger partial charge in [-0.25, -0.2) is 17.2 Å². The summed E-state index contributed by atoms with van der Waals surface area (Å²) >= 11 is 0. The van der Waals surface area contributed by atoms with Crippen LogP contribution in [0, 0.1) is 18.6 Å². The number of fused-ring (bicyclic) bond motifs is 1. The molecule has 0 saturated heterocycles. The lowest BCUT2D eigenvalue weighted by Crippen LogP contribution is -2.43. The number of carboxylic acids is 1. The Hall–Kier alpha value is -3.79. The van der Waals surface area contributed by atoms with Crippen LogP contribution in [0.5, 0.6) is 5.75 Å². The van der Waals surface area contributed by atoms with E-state index in [4.69, 9.17) is 9.84 Å². The average Bonchev–Trinajstić information content (AvgIpc) is 2.87. The first-order valence-electron chi connectivity index (χ1n) is 11.6. The summed E-state index contributed by atoms with van der Waals surface area (Å²) in [6.07, 6.45) is -0.874. The topological polar surface area (TPSA) is 101 Å². The second-order valence-corrected chi connectivity index (χ2v) is 10.7. The molecule has 4 rings (SSSR count).